The molecule has 7 rings (SSSR count). The first-order chi connectivity index (χ1) is 23.8. The van der Waals surface area contributed by atoms with E-state index in [-0.39, 0.29) is 20.0 Å². The molecule has 0 fully saturated rings. The lowest BCUT2D eigenvalue weighted by molar-refractivity contribution is -0.165. The standard InChI is InChI=1S/C39H38N2O8/c1-3-39(41-45)35-21-31(47-23-49-37(39)43)17-19-33(35)29-14-10-27(11-15-29)25-6-4-24(5-7-25)26-8-12-28(13-9-26)32-18-16-30-20-34(32)38(2,40-44)36(42)48-22-46-30/h6,8-21,24,40-41,44-45H,3-5,7,22-23H2,1-2H3. The number of hydroxylamine groups is 2. The Morgan fingerprint density at radius 1 is 0.714 bits per heavy atom. The van der Waals surface area contributed by atoms with Crippen LogP contribution in [0.25, 0.3) is 27.8 Å². The van der Waals surface area contributed by atoms with Crippen LogP contribution in [0.3, 0.4) is 0 Å². The van der Waals surface area contributed by atoms with E-state index in [1.54, 1.807) is 19.1 Å². The summed E-state index contributed by atoms with van der Waals surface area (Å²) in [6.07, 6.45) is 5.43. The van der Waals surface area contributed by atoms with E-state index in [0.717, 1.165) is 47.1 Å². The molecule has 4 N–H and O–H groups in total. The Bertz CT molecular complexity index is 1920. The van der Waals surface area contributed by atoms with Gasteiger partial charge in [-0.25, -0.2) is 9.59 Å². The first-order valence-electron chi connectivity index (χ1n) is 16.4. The molecular weight excluding hydrogens is 624 g/mol. The third-order valence-corrected chi connectivity index (χ3v) is 10.2. The number of allylic oxidation sites excluding steroid dienone is 2. The molecule has 0 radical (unpaired) electrons. The van der Waals surface area contributed by atoms with E-state index in [9.17, 15) is 20.0 Å². The van der Waals surface area contributed by atoms with Gasteiger partial charge in [-0.3, -0.25) is 0 Å². The first kappa shape index (κ1) is 32.5. The Kier molecular flexibility index (Phi) is 8.72. The highest BCUT2D eigenvalue weighted by Crippen LogP contribution is 2.42. The molecule has 2 aliphatic heterocycles. The van der Waals surface area contributed by atoms with E-state index in [4.69, 9.17) is 18.9 Å². The summed E-state index contributed by atoms with van der Waals surface area (Å²) in [5.41, 5.74) is 9.81. The Morgan fingerprint density at radius 3 is 1.86 bits per heavy atom. The molecule has 3 aliphatic rings. The number of hydrogen-bond donors (Lipinski definition) is 4. The molecule has 3 atom stereocenters. The van der Waals surface area contributed by atoms with Crippen molar-refractivity contribution in [1.82, 2.24) is 11.0 Å². The van der Waals surface area contributed by atoms with Crippen molar-refractivity contribution >= 4 is 17.5 Å². The van der Waals surface area contributed by atoms with Gasteiger partial charge in [0, 0.05) is 0 Å². The Hall–Kier alpha value is -5.00. The molecule has 0 saturated heterocycles. The molecule has 4 aromatic rings. The zero-order chi connectivity index (χ0) is 34.2. The number of esters is 2. The van der Waals surface area contributed by atoms with E-state index >= 15 is 0 Å². The molecule has 10 heteroatoms. The number of fused-ring (bicyclic) bond motifs is 4. The number of rotatable bonds is 7. The van der Waals surface area contributed by atoms with Crippen molar-refractivity contribution in [2.45, 2.75) is 56.5 Å². The summed E-state index contributed by atoms with van der Waals surface area (Å²) < 4.78 is 21.5. The number of cyclic esters (lactones) is 2. The maximum Gasteiger partial charge on any atom is 0.336 e. The summed E-state index contributed by atoms with van der Waals surface area (Å²) in [4.78, 5) is 25.7. The monoisotopic (exact) mass is 662 g/mol. The highest BCUT2D eigenvalue weighted by atomic mass is 16.7. The van der Waals surface area contributed by atoms with Crippen LogP contribution < -0.4 is 20.4 Å². The fraction of sp³-hybridized carbons (Fsp3) is 0.282. The van der Waals surface area contributed by atoms with E-state index in [1.165, 1.54) is 11.1 Å². The second-order valence-corrected chi connectivity index (χ2v) is 12.8. The number of hydrogen-bond acceptors (Lipinski definition) is 10. The predicted molar refractivity (Wildman–Crippen MR) is 181 cm³/mol. The molecule has 3 unspecified atom stereocenters. The number of nitrogens with one attached hydrogen (secondary N) is 2. The molecule has 0 aromatic heterocycles. The molecule has 2 heterocycles. The van der Waals surface area contributed by atoms with Gasteiger partial charge in [0.15, 0.2) is 11.1 Å². The zero-order valence-corrected chi connectivity index (χ0v) is 27.3. The third kappa shape index (κ3) is 5.76. The van der Waals surface area contributed by atoms with Crippen molar-refractivity contribution in [3.8, 4) is 33.8 Å². The highest BCUT2D eigenvalue weighted by Gasteiger charge is 2.43. The van der Waals surface area contributed by atoms with Crippen LogP contribution in [-0.2, 0) is 30.1 Å². The van der Waals surface area contributed by atoms with Gasteiger partial charge in [-0.15, -0.1) is 0 Å². The lowest BCUT2D eigenvalue weighted by Gasteiger charge is -2.33. The van der Waals surface area contributed by atoms with Crippen LogP contribution in [-0.4, -0.2) is 35.9 Å². The topological polar surface area (TPSA) is 136 Å². The average Bonchev–Trinajstić information content (AvgIpc) is 3.15. The van der Waals surface area contributed by atoms with Crippen molar-refractivity contribution in [3.63, 3.8) is 0 Å². The van der Waals surface area contributed by atoms with Gasteiger partial charge in [0.2, 0.25) is 13.6 Å². The zero-order valence-electron chi connectivity index (χ0n) is 27.3. The van der Waals surface area contributed by atoms with Gasteiger partial charge in [-0.05, 0) is 113 Å². The van der Waals surface area contributed by atoms with Crippen molar-refractivity contribution in [1.29, 1.82) is 0 Å². The summed E-state index contributed by atoms with van der Waals surface area (Å²) in [6.45, 7) is 2.97. The van der Waals surface area contributed by atoms with Gasteiger partial charge >= 0.3 is 11.9 Å². The van der Waals surface area contributed by atoms with Crippen LogP contribution in [0.2, 0.25) is 0 Å². The lowest BCUT2D eigenvalue weighted by Crippen LogP contribution is -2.49. The molecule has 1 aliphatic carbocycles. The van der Waals surface area contributed by atoms with Gasteiger partial charge in [0.05, 0.1) is 0 Å². The summed E-state index contributed by atoms with van der Waals surface area (Å²) >= 11 is 0. The molecule has 4 aromatic carbocycles. The fourth-order valence-corrected chi connectivity index (χ4v) is 7.11. The van der Waals surface area contributed by atoms with Crippen LogP contribution in [0.5, 0.6) is 11.5 Å². The predicted octanol–water partition coefficient (Wildman–Crippen LogP) is 6.94. The highest BCUT2D eigenvalue weighted by molar-refractivity contribution is 5.88. The van der Waals surface area contributed by atoms with Gasteiger partial charge in [0.1, 0.15) is 11.5 Å². The second kappa shape index (κ2) is 13.1. The molecule has 0 spiro atoms. The van der Waals surface area contributed by atoms with Crippen molar-refractivity contribution < 1.29 is 39.0 Å². The third-order valence-electron chi connectivity index (χ3n) is 10.2. The maximum absolute atomic E-state index is 13.0. The molecule has 4 bridgehead atoms. The van der Waals surface area contributed by atoms with Gasteiger partial charge in [-0.2, -0.15) is 11.0 Å². The van der Waals surface area contributed by atoms with Crippen molar-refractivity contribution in [2.24, 2.45) is 0 Å². The molecule has 252 valence electrons. The Morgan fingerprint density at radius 2 is 1.29 bits per heavy atom. The van der Waals surface area contributed by atoms with E-state index in [2.05, 4.69) is 53.4 Å². The minimum absolute atomic E-state index is 0.218. The molecule has 0 amide bonds. The smallest absolute Gasteiger partial charge is 0.336 e. The Balaban J connectivity index is 1.09. The SMILES string of the molecule is CCC1(NO)C(=O)OCOc2ccc(-c3ccc(C4=CCC(c5ccc(-c6ccc7cc6C(C)(NO)C(=O)OCO7)cc5)CC4)cc3)c1c2. The maximum atomic E-state index is 13.0. The molecule has 0 saturated carbocycles. The second-order valence-electron chi connectivity index (χ2n) is 12.8. The quantitative estimate of drug-likeness (QED) is 0.122. The van der Waals surface area contributed by atoms with Crippen molar-refractivity contribution in [2.75, 3.05) is 13.6 Å². The van der Waals surface area contributed by atoms with Gasteiger partial charge in [-0.1, -0.05) is 73.7 Å². The Labute approximate surface area is 284 Å². The fourth-order valence-electron chi connectivity index (χ4n) is 7.11. The number of carbonyl (C=O) groups excluding carboxylic acids is 2. The first-order valence-corrected chi connectivity index (χ1v) is 16.4. The van der Waals surface area contributed by atoms with Gasteiger partial charge < -0.3 is 29.4 Å². The minimum atomic E-state index is -1.45. The molecule has 10 nitrogen and oxygen atoms in total. The normalized spacial score (nSPS) is 23.3. The van der Waals surface area contributed by atoms with Gasteiger partial charge in [0.25, 0.3) is 0 Å². The minimum Gasteiger partial charge on any atom is -0.457 e. The van der Waals surface area contributed by atoms with Crippen LogP contribution in [0.1, 0.15) is 67.7 Å². The number of ether oxygens (including phenoxy) is 4. The lowest BCUT2D eigenvalue weighted by atomic mass is 9.80. The van der Waals surface area contributed by atoms with Crippen molar-refractivity contribution in [3.05, 3.63) is 113 Å². The van der Waals surface area contributed by atoms with E-state index in [0.29, 0.717) is 28.5 Å². The summed E-state index contributed by atoms with van der Waals surface area (Å²) in [5.74, 6) is 0.258. The largest absolute Gasteiger partial charge is 0.457 e. The van der Waals surface area contributed by atoms with E-state index in [1.807, 2.05) is 43.3 Å². The van der Waals surface area contributed by atoms with Crippen LogP contribution >= 0.6 is 0 Å². The summed E-state index contributed by atoms with van der Waals surface area (Å²) in [6, 6.07) is 27.7. The summed E-state index contributed by atoms with van der Waals surface area (Å²) in [5, 5.41) is 20.1. The van der Waals surface area contributed by atoms with E-state index < -0.39 is 23.0 Å². The molecular formula is C39H38N2O8. The molecule has 49 heavy (non-hydrogen) atoms. The summed E-state index contributed by atoms with van der Waals surface area (Å²) in [7, 11) is 0. The number of benzene rings is 4. The number of carbonyl (C=O) groups is 2. The van der Waals surface area contributed by atoms with Crippen LogP contribution in [0.15, 0.2) is 91.0 Å². The van der Waals surface area contributed by atoms with Crippen LogP contribution in [0, 0.1) is 0 Å². The average molecular weight is 663 g/mol. The van der Waals surface area contributed by atoms with Crippen LogP contribution in [0.4, 0.5) is 0 Å².